The lowest BCUT2D eigenvalue weighted by Gasteiger charge is -2.37. The summed E-state index contributed by atoms with van der Waals surface area (Å²) in [5, 5.41) is 12.2. The molecule has 5 nitrogen and oxygen atoms in total. The fourth-order valence-electron chi connectivity index (χ4n) is 8.46. The Morgan fingerprint density at radius 1 is 0.596 bits per heavy atom. The van der Waals surface area contributed by atoms with Crippen LogP contribution in [0.15, 0.2) is 166 Å². The molecule has 1 aliphatic heterocycles. The minimum atomic E-state index is -1.04. The van der Waals surface area contributed by atoms with Gasteiger partial charge in [0, 0.05) is 33.9 Å². The molecule has 0 unspecified atom stereocenters. The minimum absolute atomic E-state index is 0.776. The summed E-state index contributed by atoms with van der Waals surface area (Å²) in [7, 11) is 0. The van der Waals surface area contributed by atoms with Crippen LogP contribution >= 0.6 is 0 Å². The highest BCUT2D eigenvalue weighted by atomic mass is 16.3. The van der Waals surface area contributed by atoms with Crippen molar-refractivity contribution in [2.75, 3.05) is 0 Å². The third-order valence-corrected chi connectivity index (χ3v) is 10.9. The molecule has 0 radical (unpaired) electrons. The molecule has 0 atom stereocenters. The SMILES string of the molecule is Cc1c(C2=C(c3c(-c4ccccc4)ccc4oc5ccccc5c34)NN=NC2(c2ccccc2)c2ccccc2)nc2c(c1C)-c1ccccc1C2. The summed E-state index contributed by atoms with van der Waals surface area (Å²) < 4.78 is 6.56. The molecule has 2 aromatic heterocycles. The van der Waals surface area contributed by atoms with Crippen molar-refractivity contribution in [2.24, 2.45) is 10.3 Å². The molecule has 0 amide bonds. The summed E-state index contributed by atoms with van der Waals surface area (Å²) in [5.41, 5.74) is 19.2. The Morgan fingerprint density at radius 2 is 1.25 bits per heavy atom. The Morgan fingerprint density at radius 3 is 2.00 bits per heavy atom. The molecule has 248 valence electrons. The van der Waals surface area contributed by atoms with E-state index in [1.54, 1.807) is 0 Å². The number of nitrogens with one attached hydrogen (secondary N) is 1. The molecular formula is C47H34N4O. The predicted octanol–water partition coefficient (Wildman–Crippen LogP) is 11.6. The molecule has 3 heterocycles. The predicted molar refractivity (Wildman–Crippen MR) is 210 cm³/mol. The third-order valence-electron chi connectivity index (χ3n) is 10.9. The van der Waals surface area contributed by atoms with E-state index in [1.165, 1.54) is 22.3 Å². The molecule has 2 aliphatic rings. The van der Waals surface area contributed by atoms with E-state index in [4.69, 9.17) is 19.7 Å². The van der Waals surface area contributed by atoms with Gasteiger partial charge in [-0.2, -0.15) is 0 Å². The van der Waals surface area contributed by atoms with E-state index >= 15 is 0 Å². The summed E-state index contributed by atoms with van der Waals surface area (Å²) in [6.45, 7) is 4.45. The Hall–Kier alpha value is -6.59. The molecule has 0 bridgehead atoms. The fraction of sp³-hybridized carbons (Fsp3) is 0.0851. The van der Waals surface area contributed by atoms with E-state index in [9.17, 15) is 0 Å². The molecule has 8 aromatic rings. The Balaban J connectivity index is 1.41. The minimum Gasteiger partial charge on any atom is -0.456 e. The summed E-state index contributed by atoms with van der Waals surface area (Å²) in [4.78, 5) is 5.68. The smallest absolute Gasteiger partial charge is 0.163 e. The molecule has 0 saturated carbocycles. The van der Waals surface area contributed by atoms with Crippen LogP contribution in [0.5, 0.6) is 0 Å². The van der Waals surface area contributed by atoms with Gasteiger partial charge in [0.15, 0.2) is 5.54 Å². The van der Waals surface area contributed by atoms with Gasteiger partial charge in [-0.3, -0.25) is 10.4 Å². The van der Waals surface area contributed by atoms with Gasteiger partial charge in [0.2, 0.25) is 0 Å². The summed E-state index contributed by atoms with van der Waals surface area (Å²) in [6.07, 6.45) is 0.776. The van der Waals surface area contributed by atoms with Gasteiger partial charge < -0.3 is 4.42 Å². The molecule has 10 rings (SSSR count). The Labute approximate surface area is 302 Å². The molecule has 0 spiro atoms. The second kappa shape index (κ2) is 11.7. The zero-order valence-corrected chi connectivity index (χ0v) is 28.9. The van der Waals surface area contributed by atoms with Gasteiger partial charge in [-0.1, -0.05) is 139 Å². The van der Waals surface area contributed by atoms with Crippen LogP contribution in [0.4, 0.5) is 0 Å². The zero-order chi connectivity index (χ0) is 34.8. The number of rotatable bonds is 5. The monoisotopic (exact) mass is 670 g/mol. The van der Waals surface area contributed by atoms with Gasteiger partial charge in [-0.25, -0.2) is 0 Å². The average Bonchev–Trinajstić information content (AvgIpc) is 3.78. The van der Waals surface area contributed by atoms with Gasteiger partial charge >= 0.3 is 0 Å². The van der Waals surface area contributed by atoms with Gasteiger partial charge in [0.25, 0.3) is 0 Å². The summed E-state index contributed by atoms with van der Waals surface area (Å²) in [5.74, 6) is 0. The Bertz CT molecular complexity index is 2710. The molecule has 1 aliphatic carbocycles. The number of benzene rings is 6. The van der Waals surface area contributed by atoms with Crippen LogP contribution in [0.1, 0.15) is 44.8 Å². The van der Waals surface area contributed by atoms with Crippen LogP contribution in [0, 0.1) is 13.8 Å². The van der Waals surface area contributed by atoms with Crippen LogP contribution in [0.2, 0.25) is 0 Å². The normalized spacial score (nSPS) is 14.4. The molecule has 1 N–H and O–H groups in total. The maximum Gasteiger partial charge on any atom is 0.163 e. The lowest BCUT2D eigenvalue weighted by atomic mass is 9.72. The van der Waals surface area contributed by atoms with E-state index in [2.05, 4.69) is 159 Å². The molecule has 52 heavy (non-hydrogen) atoms. The Kier molecular flexibility index (Phi) is 6.83. The van der Waals surface area contributed by atoms with Gasteiger partial charge in [0.05, 0.1) is 17.1 Å². The highest BCUT2D eigenvalue weighted by Gasteiger charge is 2.46. The van der Waals surface area contributed by atoms with Crippen molar-refractivity contribution >= 4 is 33.2 Å². The first kappa shape index (κ1) is 30.3. The van der Waals surface area contributed by atoms with Crippen molar-refractivity contribution in [1.29, 1.82) is 0 Å². The molecule has 6 aromatic carbocycles. The number of hydrogen-bond donors (Lipinski definition) is 1. The highest BCUT2D eigenvalue weighted by Crippen LogP contribution is 2.54. The summed E-state index contributed by atoms with van der Waals surface area (Å²) >= 11 is 0. The van der Waals surface area contributed by atoms with Crippen molar-refractivity contribution in [3.63, 3.8) is 0 Å². The number of pyridine rings is 1. The fourth-order valence-corrected chi connectivity index (χ4v) is 8.46. The maximum absolute atomic E-state index is 6.56. The molecular weight excluding hydrogens is 637 g/mol. The van der Waals surface area contributed by atoms with Crippen molar-refractivity contribution in [2.45, 2.75) is 25.8 Å². The lowest BCUT2D eigenvalue weighted by molar-refractivity contribution is 0.599. The van der Waals surface area contributed by atoms with Gasteiger partial charge in [0.1, 0.15) is 11.2 Å². The first-order valence-electron chi connectivity index (χ1n) is 17.8. The van der Waals surface area contributed by atoms with E-state index in [-0.39, 0.29) is 0 Å². The van der Waals surface area contributed by atoms with E-state index < -0.39 is 5.54 Å². The van der Waals surface area contributed by atoms with Crippen molar-refractivity contribution in [3.8, 4) is 22.3 Å². The molecule has 0 saturated heterocycles. The van der Waals surface area contributed by atoms with Crippen LogP contribution < -0.4 is 5.43 Å². The number of aromatic nitrogens is 1. The maximum atomic E-state index is 6.56. The van der Waals surface area contributed by atoms with E-state index in [0.717, 1.165) is 84.4 Å². The largest absolute Gasteiger partial charge is 0.456 e. The van der Waals surface area contributed by atoms with E-state index in [1.807, 2.05) is 12.1 Å². The number of para-hydroxylation sites is 1. The van der Waals surface area contributed by atoms with Gasteiger partial charge in [-0.15, -0.1) is 5.11 Å². The molecule has 0 fully saturated rings. The van der Waals surface area contributed by atoms with Crippen LogP contribution in [-0.4, -0.2) is 4.98 Å². The number of fused-ring (bicyclic) bond motifs is 6. The van der Waals surface area contributed by atoms with Gasteiger partial charge in [-0.05, 0) is 76.6 Å². The first-order valence-corrected chi connectivity index (χ1v) is 17.8. The van der Waals surface area contributed by atoms with Crippen molar-refractivity contribution < 1.29 is 4.42 Å². The highest BCUT2D eigenvalue weighted by molar-refractivity contribution is 6.16. The second-order valence-corrected chi connectivity index (χ2v) is 13.7. The molecule has 5 heteroatoms. The number of hydrogen-bond acceptors (Lipinski definition) is 5. The lowest BCUT2D eigenvalue weighted by Crippen LogP contribution is -2.34. The second-order valence-electron chi connectivity index (χ2n) is 13.7. The number of furan rings is 1. The van der Waals surface area contributed by atoms with Crippen LogP contribution in [0.3, 0.4) is 0 Å². The third kappa shape index (κ3) is 4.39. The first-order chi connectivity index (χ1) is 25.6. The topological polar surface area (TPSA) is 62.8 Å². The van der Waals surface area contributed by atoms with Crippen LogP contribution in [-0.2, 0) is 12.0 Å². The van der Waals surface area contributed by atoms with Crippen molar-refractivity contribution in [3.05, 3.63) is 196 Å². The van der Waals surface area contributed by atoms with Crippen LogP contribution in [0.25, 0.3) is 55.5 Å². The average molecular weight is 671 g/mol. The number of nitrogens with zero attached hydrogens (tertiary/aromatic N) is 3. The van der Waals surface area contributed by atoms with E-state index in [0.29, 0.717) is 0 Å². The standard InChI is InChI=1S/C47H34N4O/c1-29-30(2)45(48-38-28-32-18-12-13-23-35(32)41(29)38)44-46(49-51-50-47(44,33-19-8-4-9-20-33)34-21-10-5-11-22-34)43-36(31-16-6-3-7-17-31)26-27-40-42(43)37-24-14-15-25-39(37)52-40/h3-27H,28H2,1-2H3,(H,49,50). The summed E-state index contributed by atoms with van der Waals surface area (Å²) in [6, 6.07) is 52.9. The quantitative estimate of drug-likeness (QED) is 0.198. The van der Waals surface area contributed by atoms with Crippen molar-refractivity contribution in [1.82, 2.24) is 10.4 Å². The zero-order valence-electron chi connectivity index (χ0n) is 28.9.